The third-order valence-corrected chi connectivity index (χ3v) is 5.43. The van der Waals surface area contributed by atoms with Gasteiger partial charge in [-0.15, -0.1) is 0 Å². The maximum absolute atomic E-state index is 12.5. The van der Waals surface area contributed by atoms with E-state index in [1.165, 1.54) is 38.5 Å². The molecule has 138 valence electrons. The van der Waals surface area contributed by atoms with Crippen LogP contribution in [-0.4, -0.2) is 30.4 Å². The zero-order chi connectivity index (χ0) is 18.2. The molecule has 1 N–H and O–H groups in total. The lowest BCUT2D eigenvalue weighted by atomic mass is 10.0. The summed E-state index contributed by atoms with van der Waals surface area (Å²) in [5.74, 6) is 0.0915. The molecule has 2 aromatic carbocycles. The summed E-state index contributed by atoms with van der Waals surface area (Å²) in [6.07, 6.45) is 8.46. The molecule has 1 fully saturated rings. The molecule has 0 aliphatic heterocycles. The Morgan fingerprint density at radius 2 is 1.62 bits per heavy atom. The summed E-state index contributed by atoms with van der Waals surface area (Å²) in [7, 11) is 2.17. The van der Waals surface area contributed by atoms with Gasteiger partial charge in [-0.3, -0.25) is 4.79 Å². The predicted octanol–water partition coefficient (Wildman–Crippen LogP) is 5.34. The molecule has 1 amide bonds. The van der Waals surface area contributed by atoms with Crippen LogP contribution in [0.3, 0.4) is 0 Å². The minimum atomic E-state index is 0.0915. The van der Waals surface area contributed by atoms with Crippen molar-refractivity contribution in [3.8, 4) is 11.1 Å². The van der Waals surface area contributed by atoms with Crippen LogP contribution in [-0.2, 0) is 4.79 Å². The normalized spacial score (nSPS) is 15.6. The van der Waals surface area contributed by atoms with Gasteiger partial charge in [-0.25, -0.2) is 0 Å². The van der Waals surface area contributed by atoms with Crippen molar-refractivity contribution in [1.29, 1.82) is 0 Å². The van der Waals surface area contributed by atoms with Gasteiger partial charge in [-0.1, -0.05) is 74.2 Å². The average Bonchev–Trinajstić information content (AvgIpc) is 2.97. The first-order chi connectivity index (χ1) is 12.7. The summed E-state index contributed by atoms with van der Waals surface area (Å²) >= 11 is 0. The number of anilines is 1. The maximum atomic E-state index is 12.5. The van der Waals surface area contributed by atoms with Crippen LogP contribution in [0.15, 0.2) is 54.6 Å². The van der Waals surface area contributed by atoms with Crippen molar-refractivity contribution >= 4 is 11.6 Å². The van der Waals surface area contributed by atoms with E-state index in [0.717, 1.165) is 23.4 Å². The zero-order valence-electron chi connectivity index (χ0n) is 15.8. The second-order valence-electron chi connectivity index (χ2n) is 7.34. The Labute approximate surface area is 157 Å². The minimum absolute atomic E-state index is 0.0915. The zero-order valence-corrected chi connectivity index (χ0v) is 15.8. The van der Waals surface area contributed by atoms with Gasteiger partial charge in [0.05, 0.1) is 0 Å². The highest BCUT2D eigenvalue weighted by Crippen LogP contribution is 2.27. The van der Waals surface area contributed by atoms with Gasteiger partial charge >= 0.3 is 0 Å². The highest BCUT2D eigenvalue weighted by molar-refractivity contribution is 5.95. The number of benzene rings is 2. The van der Waals surface area contributed by atoms with Gasteiger partial charge in [-0.05, 0) is 31.5 Å². The molecule has 3 nitrogen and oxygen atoms in total. The fourth-order valence-corrected chi connectivity index (χ4v) is 3.83. The van der Waals surface area contributed by atoms with Crippen molar-refractivity contribution in [3.63, 3.8) is 0 Å². The molecular weight excluding hydrogens is 320 g/mol. The van der Waals surface area contributed by atoms with E-state index in [0.29, 0.717) is 12.5 Å². The Kier molecular flexibility index (Phi) is 6.84. The van der Waals surface area contributed by atoms with E-state index < -0.39 is 0 Å². The van der Waals surface area contributed by atoms with Crippen LogP contribution in [0.4, 0.5) is 5.69 Å². The summed E-state index contributed by atoms with van der Waals surface area (Å²) < 4.78 is 0. The first kappa shape index (κ1) is 18.7. The lowest BCUT2D eigenvalue weighted by Gasteiger charge is -2.26. The number of carbonyl (C=O) groups excluding carboxylic acids is 1. The van der Waals surface area contributed by atoms with Crippen molar-refractivity contribution in [2.75, 3.05) is 18.9 Å². The third kappa shape index (κ3) is 5.18. The van der Waals surface area contributed by atoms with Crippen molar-refractivity contribution in [2.24, 2.45) is 0 Å². The molecule has 26 heavy (non-hydrogen) atoms. The van der Waals surface area contributed by atoms with Crippen molar-refractivity contribution < 1.29 is 4.79 Å². The number of amides is 1. The lowest BCUT2D eigenvalue weighted by Crippen LogP contribution is -2.33. The van der Waals surface area contributed by atoms with Gasteiger partial charge in [0, 0.05) is 30.3 Å². The molecule has 0 aromatic heterocycles. The van der Waals surface area contributed by atoms with E-state index in [1.807, 2.05) is 36.4 Å². The summed E-state index contributed by atoms with van der Waals surface area (Å²) in [4.78, 5) is 14.9. The largest absolute Gasteiger partial charge is 0.325 e. The van der Waals surface area contributed by atoms with Crippen LogP contribution in [0.5, 0.6) is 0 Å². The molecule has 1 saturated carbocycles. The maximum Gasteiger partial charge on any atom is 0.225 e. The van der Waals surface area contributed by atoms with Gasteiger partial charge in [0.15, 0.2) is 0 Å². The van der Waals surface area contributed by atoms with Crippen LogP contribution >= 0.6 is 0 Å². The summed E-state index contributed by atoms with van der Waals surface area (Å²) in [6, 6.07) is 18.9. The summed E-state index contributed by atoms with van der Waals surface area (Å²) in [5, 5.41) is 3.11. The van der Waals surface area contributed by atoms with Crippen LogP contribution in [0.1, 0.15) is 44.9 Å². The van der Waals surface area contributed by atoms with Gasteiger partial charge in [0.25, 0.3) is 0 Å². The van der Waals surface area contributed by atoms with Gasteiger partial charge < -0.3 is 10.2 Å². The summed E-state index contributed by atoms with van der Waals surface area (Å²) in [6.45, 7) is 0.823. The minimum Gasteiger partial charge on any atom is -0.325 e. The number of hydrogen-bond donors (Lipinski definition) is 1. The van der Waals surface area contributed by atoms with E-state index in [4.69, 9.17) is 0 Å². The van der Waals surface area contributed by atoms with Crippen molar-refractivity contribution in [3.05, 3.63) is 54.6 Å². The van der Waals surface area contributed by atoms with E-state index >= 15 is 0 Å². The topological polar surface area (TPSA) is 32.3 Å². The third-order valence-electron chi connectivity index (χ3n) is 5.43. The van der Waals surface area contributed by atoms with E-state index in [-0.39, 0.29) is 5.91 Å². The van der Waals surface area contributed by atoms with Crippen molar-refractivity contribution in [1.82, 2.24) is 4.90 Å². The number of nitrogens with one attached hydrogen (secondary N) is 1. The molecule has 1 aliphatic carbocycles. The van der Waals surface area contributed by atoms with E-state index in [2.05, 4.69) is 35.5 Å². The van der Waals surface area contributed by atoms with Crippen LogP contribution < -0.4 is 5.32 Å². The molecule has 3 heteroatoms. The Bertz CT molecular complexity index is 690. The average molecular weight is 351 g/mol. The Morgan fingerprint density at radius 1 is 0.962 bits per heavy atom. The monoisotopic (exact) mass is 350 g/mol. The molecule has 1 aliphatic rings. The van der Waals surface area contributed by atoms with Crippen LogP contribution in [0.25, 0.3) is 11.1 Å². The number of nitrogens with zero attached hydrogens (tertiary/aromatic N) is 1. The quantitative estimate of drug-likeness (QED) is 0.714. The number of hydrogen-bond acceptors (Lipinski definition) is 2. The number of para-hydroxylation sites is 1. The molecule has 0 atom stereocenters. The molecule has 0 unspecified atom stereocenters. The second kappa shape index (κ2) is 9.54. The Morgan fingerprint density at radius 3 is 2.35 bits per heavy atom. The van der Waals surface area contributed by atoms with E-state index in [9.17, 15) is 4.79 Å². The highest BCUT2D eigenvalue weighted by Gasteiger charge is 2.17. The van der Waals surface area contributed by atoms with Crippen molar-refractivity contribution in [2.45, 2.75) is 51.0 Å². The fraction of sp³-hybridized carbons (Fsp3) is 0.435. The predicted molar refractivity (Wildman–Crippen MR) is 109 cm³/mol. The summed E-state index contributed by atoms with van der Waals surface area (Å²) in [5.41, 5.74) is 3.08. The Balaban J connectivity index is 1.57. The smallest absolute Gasteiger partial charge is 0.225 e. The molecule has 3 rings (SSSR count). The molecule has 0 heterocycles. The molecule has 0 radical (unpaired) electrons. The molecule has 0 spiro atoms. The Hall–Kier alpha value is -2.13. The molecule has 0 bridgehead atoms. The first-order valence-electron chi connectivity index (χ1n) is 9.88. The van der Waals surface area contributed by atoms with Gasteiger partial charge in [0.2, 0.25) is 5.91 Å². The lowest BCUT2D eigenvalue weighted by molar-refractivity contribution is -0.116. The standard InChI is InChI=1S/C23H30N2O/c1-25(20-13-7-2-3-8-14-20)18-17-23(26)24-22-16-10-9-15-21(22)19-11-5-4-6-12-19/h4-6,9-12,15-16,20H,2-3,7-8,13-14,17-18H2,1H3,(H,24,26). The SMILES string of the molecule is CN(CCC(=O)Nc1ccccc1-c1ccccc1)C1CCCCCC1. The number of carbonyl (C=O) groups is 1. The van der Waals surface area contributed by atoms with Gasteiger partial charge in [-0.2, -0.15) is 0 Å². The fourth-order valence-electron chi connectivity index (χ4n) is 3.83. The number of rotatable bonds is 6. The highest BCUT2D eigenvalue weighted by atomic mass is 16.1. The first-order valence-corrected chi connectivity index (χ1v) is 9.88. The second-order valence-corrected chi connectivity index (χ2v) is 7.34. The molecular formula is C23H30N2O. The van der Waals surface area contributed by atoms with Gasteiger partial charge in [0.1, 0.15) is 0 Å². The molecule has 2 aromatic rings. The van der Waals surface area contributed by atoms with Crippen LogP contribution in [0, 0.1) is 0 Å². The van der Waals surface area contributed by atoms with E-state index in [1.54, 1.807) is 0 Å². The van der Waals surface area contributed by atoms with Crippen LogP contribution in [0.2, 0.25) is 0 Å². The molecule has 0 saturated heterocycles.